The zero-order chi connectivity index (χ0) is 24.8. The first kappa shape index (κ1) is 22.7. The maximum absolute atomic E-state index is 13.1. The lowest BCUT2D eigenvalue weighted by molar-refractivity contribution is -0.137. The summed E-state index contributed by atoms with van der Waals surface area (Å²) in [7, 11) is 1.42. The van der Waals surface area contributed by atoms with E-state index in [0.717, 1.165) is 27.3 Å². The van der Waals surface area contributed by atoms with Crippen LogP contribution in [-0.4, -0.2) is 25.0 Å². The molecule has 0 saturated heterocycles. The number of hydrogen-bond acceptors (Lipinski definition) is 6. The summed E-state index contributed by atoms with van der Waals surface area (Å²) < 4.78 is 41.0. The van der Waals surface area contributed by atoms with Crippen molar-refractivity contribution in [2.75, 3.05) is 11.1 Å². The summed E-state index contributed by atoms with van der Waals surface area (Å²) in [6.45, 7) is 1.66. The molecule has 2 heterocycles. The Kier molecular flexibility index (Phi) is 5.43. The molecule has 0 atom stereocenters. The first-order valence-corrected chi connectivity index (χ1v) is 9.81. The van der Waals surface area contributed by atoms with Crippen LogP contribution < -0.4 is 22.3 Å². The summed E-state index contributed by atoms with van der Waals surface area (Å²) in [6, 6.07) is 8.42. The Morgan fingerprint density at radius 2 is 1.85 bits per heavy atom. The van der Waals surface area contributed by atoms with Gasteiger partial charge in [0.15, 0.2) is 5.65 Å². The molecule has 4 rings (SSSR count). The fourth-order valence-electron chi connectivity index (χ4n) is 3.42. The largest absolute Gasteiger partial charge is 0.416 e. The van der Waals surface area contributed by atoms with Gasteiger partial charge < -0.3 is 11.1 Å². The van der Waals surface area contributed by atoms with E-state index in [1.54, 1.807) is 13.0 Å². The van der Waals surface area contributed by atoms with Crippen molar-refractivity contribution in [3.05, 3.63) is 86.2 Å². The fraction of sp³-hybridized carbons (Fsp3) is 0.136. The molecule has 12 heteroatoms. The summed E-state index contributed by atoms with van der Waals surface area (Å²) >= 11 is 0. The number of benzene rings is 2. The highest BCUT2D eigenvalue weighted by molar-refractivity contribution is 6.04. The number of aromatic nitrogens is 4. The second-order valence-corrected chi connectivity index (χ2v) is 7.48. The van der Waals surface area contributed by atoms with Crippen LogP contribution in [0.25, 0.3) is 16.7 Å². The molecule has 0 aliphatic carbocycles. The number of amides is 1. The van der Waals surface area contributed by atoms with Crippen LogP contribution >= 0.6 is 0 Å². The molecule has 174 valence electrons. The molecule has 1 amide bonds. The molecule has 0 bridgehead atoms. The highest BCUT2D eigenvalue weighted by Crippen LogP contribution is 2.29. The third-order valence-corrected chi connectivity index (χ3v) is 5.18. The average molecular weight is 470 g/mol. The minimum Gasteiger partial charge on any atom is -0.368 e. The first-order valence-electron chi connectivity index (χ1n) is 9.81. The molecule has 2 aromatic heterocycles. The lowest BCUT2D eigenvalue weighted by Gasteiger charge is -2.14. The quantitative estimate of drug-likeness (QED) is 0.474. The highest BCUT2D eigenvalue weighted by Gasteiger charge is 2.31. The van der Waals surface area contributed by atoms with Crippen molar-refractivity contribution in [3.63, 3.8) is 0 Å². The minimum absolute atomic E-state index is 0.0501. The van der Waals surface area contributed by atoms with Gasteiger partial charge in [0, 0.05) is 24.5 Å². The number of nitrogen functional groups attached to an aromatic ring is 1. The Morgan fingerprint density at radius 1 is 1.12 bits per heavy atom. The van der Waals surface area contributed by atoms with Gasteiger partial charge in [-0.05, 0) is 42.8 Å². The van der Waals surface area contributed by atoms with Crippen molar-refractivity contribution >= 4 is 28.6 Å². The highest BCUT2D eigenvalue weighted by atomic mass is 19.4. The number of hydrogen-bond donors (Lipinski definition) is 2. The molecule has 0 unspecified atom stereocenters. The van der Waals surface area contributed by atoms with Crippen LogP contribution in [-0.2, 0) is 13.2 Å². The van der Waals surface area contributed by atoms with E-state index < -0.39 is 28.9 Å². The van der Waals surface area contributed by atoms with Gasteiger partial charge >= 0.3 is 11.9 Å². The van der Waals surface area contributed by atoms with Crippen LogP contribution in [0.4, 0.5) is 24.8 Å². The number of nitrogens with zero attached hydrogens (tertiary/aromatic N) is 4. The molecular formula is C22H17F3N6O3. The number of halogens is 3. The minimum atomic E-state index is -4.60. The zero-order valence-electron chi connectivity index (χ0n) is 17.8. The molecule has 0 spiro atoms. The molecule has 34 heavy (non-hydrogen) atoms. The Labute approximate surface area is 189 Å². The van der Waals surface area contributed by atoms with Gasteiger partial charge in [0.1, 0.15) is 5.39 Å². The van der Waals surface area contributed by atoms with Crippen LogP contribution in [0.3, 0.4) is 0 Å². The van der Waals surface area contributed by atoms with Crippen LogP contribution in [0.1, 0.15) is 21.5 Å². The van der Waals surface area contributed by atoms with Crippen molar-refractivity contribution in [1.29, 1.82) is 0 Å². The van der Waals surface area contributed by atoms with E-state index in [2.05, 4.69) is 15.3 Å². The summed E-state index contributed by atoms with van der Waals surface area (Å²) in [5.41, 5.74) is 3.94. The van der Waals surface area contributed by atoms with Gasteiger partial charge in [-0.15, -0.1) is 0 Å². The second-order valence-electron chi connectivity index (χ2n) is 7.48. The molecule has 0 fully saturated rings. The van der Waals surface area contributed by atoms with Crippen LogP contribution in [0, 0.1) is 6.92 Å². The summed E-state index contributed by atoms with van der Waals surface area (Å²) in [5, 5.41) is 2.55. The molecule has 0 saturated carbocycles. The summed E-state index contributed by atoms with van der Waals surface area (Å²) in [4.78, 5) is 46.4. The van der Waals surface area contributed by atoms with Gasteiger partial charge in [0.25, 0.3) is 11.5 Å². The maximum atomic E-state index is 13.1. The van der Waals surface area contributed by atoms with Gasteiger partial charge in [0.2, 0.25) is 5.95 Å². The van der Waals surface area contributed by atoms with Gasteiger partial charge in [-0.25, -0.2) is 14.3 Å². The molecule has 0 aliphatic rings. The maximum Gasteiger partial charge on any atom is 0.416 e. The van der Waals surface area contributed by atoms with Crippen LogP contribution in [0.2, 0.25) is 0 Å². The molecule has 0 aliphatic heterocycles. The van der Waals surface area contributed by atoms with Crippen molar-refractivity contribution in [2.45, 2.75) is 13.1 Å². The Balaban J connectivity index is 1.78. The standard InChI is InChI=1S/C22H17F3N6O3/c1-11-6-7-14(28-18(32)12-4-3-5-13(8-12)22(23,24)25)9-16(11)31-19(33)15-10-27-20(26)29-17(15)30(2)21(31)34/h3-10H,1-2H3,(H,28,32)(H2,26,27,29). The number of rotatable bonds is 3. The van der Waals surface area contributed by atoms with Crippen molar-refractivity contribution < 1.29 is 18.0 Å². The van der Waals surface area contributed by atoms with Gasteiger partial charge in [-0.2, -0.15) is 18.2 Å². The van der Waals surface area contributed by atoms with E-state index in [1.165, 1.54) is 31.4 Å². The van der Waals surface area contributed by atoms with Gasteiger partial charge in [-0.1, -0.05) is 12.1 Å². The lowest BCUT2D eigenvalue weighted by atomic mass is 10.1. The zero-order valence-corrected chi connectivity index (χ0v) is 17.8. The van der Waals surface area contributed by atoms with Crippen molar-refractivity contribution in [3.8, 4) is 5.69 Å². The smallest absolute Gasteiger partial charge is 0.368 e. The van der Waals surface area contributed by atoms with E-state index in [-0.39, 0.29) is 33.9 Å². The third kappa shape index (κ3) is 4.00. The number of nitrogens with two attached hydrogens (primary N) is 1. The monoisotopic (exact) mass is 470 g/mol. The molecular weight excluding hydrogens is 453 g/mol. The van der Waals surface area contributed by atoms with Crippen molar-refractivity contribution in [1.82, 2.24) is 19.1 Å². The Hall–Kier alpha value is -4.48. The molecule has 4 aromatic rings. The summed E-state index contributed by atoms with van der Waals surface area (Å²) in [6.07, 6.45) is -3.39. The van der Waals surface area contributed by atoms with Crippen molar-refractivity contribution in [2.24, 2.45) is 7.05 Å². The predicted molar refractivity (Wildman–Crippen MR) is 119 cm³/mol. The molecule has 3 N–H and O–H groups in total. The number of anilines is 2. The van der Waals surface area contributed by atoms with E-state index in [1.807, 2.05) is 0 Å². The van der Waals surface area contributed by atoms with E-state index >= 15 is 0 Å². The molecule has 9 nitrogen and oxygen atoms in total. The predicted octanol–water partition coefficient (Wildman–Crippen LogP) is 2.64. The first-order chi connectivity index (χ1) is 16.0. The summed E-state index contributed by atoms with van der Waals surface area (Å²) in [5.74, 6) is -0.890. The Morgan fingerprint density at radius 3 is 2.56 bits per heavy atom. The molecule has 2 aromatic carbocycles. The van der Waals surface area contributed by atoms with Crippen LogP contribution in [0.5, 0.6) is 0 Å². The van der Waals surface area contributed by atoms with Gasteiger partial charge in [0.05, 0.1) is 11.3 Å². The number of alkyl halides is 3. The number of nitrogens with one attached hydrogen (secondary N) is 1. The van der Waals surface area contributed by atoms with Crippen LogP contribution in [0.15, 0.2) is 58.3 Å². The topological polar surface area (TPSA) is 125 Å². The lowest BCUT2D eigenvalue weighted by Crippen LogP contribution is -2.38. The number of carbonyl (C=O) groups is 1. The number of fused-ring (bicyclic) bond motifs is 1. The number of aryl methyl sites for hydroxylation is 2. The van der Waals surface area contributed by atoms with E-state index in [9.17, 15) is 27.6 Å². The number of carbonyl (C=O) groups excluding carboxylic acids is 1. The fourth-order valence-corrected chi connectivity index (χ4v) is 3.42. The molecule has 0 radical (unpaired) electrons. The second kappa shape index (κ2) is 8.14. The van der Waals surface area contributed by atoms with E-state index in [0.29, 0.717) is 5.56 Å². The Bertz CT molecular complexity index is 1570. The average Bonchev–Trinajstić information content (AvgIpc) is 2.79. The third-order valence-electron chi connectivity index (χ3n) is 5.18. The van der Waals surface area contributed by atoms with E-state index in [4.69, 9.17) is 5.73 Å². The SMILES string of the molecule is Cc1ccc(NC(=O)c2cccc(C(F)(F)F)c2)cc1-n1c(=O)c2cnc(N)nc2n(C)c1=O. The normalized spacial score (nSPS) is 11.6. The van der Waals surface area contributed by atoms with Gasteiger partial charge in [-0.3, -0.25) is 14.2 Å².